The van der Waals surface area contributed by atoms with Gasteiger partial charge in [0.15, 0.2) is 5.82 Å². The quantitative estimate of drug-likeness (QED) is 0.428. The standard InChI is InChI=1S/C19H13Cl3F4N2O2/c1-9(29)27-8-11-4-10(2-3-13(11)20)16-7-18(30-28-16,19(24,25)26)12-5-14(21)17(23)15(22)6-12/h2-6H,7-8H2,1H3,(H,27,29). The SMILES string of the molecule is CC(=O)NCc1cc(C2=NOC(c3cc(Cl)c(F)c(Cl)c3)(C(F)(F)F)C2)ccc1Cl. The lowest BCUT2D eigenvalue weighted by Crippen LogP contribution is -2.42. The van der Waals surface area contributed by atoms with Crippen molar-refractivity contribution >= 4 is 46.4 Å². The lowest BCUT2D eigenvalue weighted by molar-refractivity contribution is -0.275. The Hall–Kier alpha value is -2.03. The van der Waals surface area contributed by atoms with Gasteiger partial charge in [-0.25, -0.2) is 4.39 Å². The number of oxime groups is 1. The highest BCUT2D eigenvalue weighted by Gasteiger charge is 2.62. The van der Waals surface area contributed by atoms with Crippen LogP contribution < -0.4 is 5.32 Å². The molecule has 11 heteroatoms. The normalized spacial score (nSPS) is 18.7. The number of hydrogen-bond acceptors (Lipinski definition) is 3. The number of halogens is 7. The lowest BCUT2D eigenvalue weighted by atomic mass is 9.86. The van der Waals surface area contributed by atoms with Crippen LogP contribution in [0.2, 0.25) is 15.1 Å². The van der Waals surface area contributed by atoms with E-state index in [-0.39, 0.29) is 18.2 Å². The van der Waals surface area contributed by atoms with Crippen LogP contribution in [0.1, 0.15) is 30.0 Å². The lowest BCUT2D eigenvalue weighted by Gasteiger charge is -2.29. The second-order valence-electron chi connectivity index (χ2n) is 6.60. The fourth-order valence-electron chi connectivity index (χ4n) is 2.96. The van der Waals surface area contributed by atoms with Crippen molar-refractivity contribution in [2.45, 2.75) is 31.7 Å². The van der Waals surface area contributed by atoms with Crippen LogP contribution in [0, 0.1) is 5.82 Å². The molecule has 1 unspecified atom stereocenters. The summed E-state index contributed by atoms with van der Waals surface area (Å²) >= 11 is 17.5. The molecule has 0 saturated carbocycles. The van der Waals surface area contributed by atoms with Crippen LogP contribution in [0.25, 0.3) is 0 Å². The van der Waals surface area contributed by atoms with Gasteiger partial charge in [0.25, 0.3) is 5.60 Å². The molecule has 0 fully saturated rings. The van der Waals surface area contributed by atoms with Gasteiger partial charge in [0.05, 0.1) is 15.8 Å². The first-order valence-corrected chi connectivity index (χ1v) is 9.58. The van der Waals surface area contributed by atoms with Gasteiger partial charge < -0.3 is 10.2 Å². The van der Waals surface area contributed by atoms with Crippen molar-refractivity contribution < 1.29 is 27.2 Å². The van der Waals surface area contributed by atoms with Gasteiger partial charge in [-0.15, -0.1) is 0 Å². The van der Waals surface area contributed by atoms with Crippen molar-refractivity contribution in [3.05, 3.63) is 67.9 Å². The number of amides is 1. The summed E-state index contributed by atoms with van der Waals surface area (Å²) in [6.07, 6.45) is -5.61. The third kappa shape index (κ3) is 4.22. The average Bonchev–Trinajstić information content (AvgIpc) is 3.11. The third-order valence-electron chi connectivity index (χ3n) is 4.54. The van der Waals surface area contributed by atoms with Crippen LogP contribution in [-0.2, 0) is 21.8 Å². The van der Waals surface area contributed by atoms with Gasteiger partial charge in [-0.05, 0) is 35.4 Å². The Bertz CT molecular complexity index is 1020. The summed E-state index contributed by atoms with van der Waals surface area (Å²) in [4.78, 5) is 16.0. The highest BCUT2D eigenvalue weighted by atomic mass is 35.5. The first-order chi connectivity index (χ1) is 13.9. The minimum atomic E-state index is -4.91. The molecule has 2 aromatic rings. The summed E-state index contributed by atoms with van der Waals surface area (Å²) < 4.78 is 55.9. The van der Waals surface area contributed by atoms with E-state index in [2.05, 4.69) is 10.5 Å². The topological polar surface area (TPSA) is 50.7 Å². The van der Waals surface area contributed by atoms with Gasteiger partial charge in [0.1, 0.15) is 0 Å². The molecule has 4 nitrogen and oxygen atoms in total. The zero-order valence-corrected chi connectivity index (χ0v) is 17.5. The van der Waals surface area contributed by atoms with Crippen molar-refractivity contribution in [1.82, 2.24) is 5.32 Å². The van der Waals surface area contributed by atoms with Gasteiger partial charge in [-0.3, -0.25) is 4.79 Å². The first-order valence-electron chi connectivity index (χ1n) is 8.44. The molecule has 0 saturated heterocycles. The molecule has 0 aliphatic carbocycles. The van der Waals surface area contributed by atoms with Crippen LogP contribution in [0.4, 0.5) is 17.6 Å². The number of alkyl halides is 3. The predicted octanol–water partition coefficient (Wildman–Crippen LogP) is 6.00. The van der Waals surface area contributed by atoms with Gasteiger partial charge in [-0.2, -0.15) is 13.2 Å². The Morgan fingerprint density at radius 2 is 1.80 bits per heavy atom. The Balaban J connectivity index is 1.99. The molecule has 0 spiro atoms. The number of hydrogen-bond donors (Lipinski definition) is 1. The van der Waals surface area contributed by atoms with E-state index in [9.17, 15) is 22.4 Å². The average molecular weight is 484 g/mol. The van der Waals surface area contributed by atoms with E-state index in [0.29, 0.717) is 16.1 Å². The fraction of sp³-hybridized carbons (Fsp3) is 0.263. The molecule has 1 atom stereocenters. The largest absolute Gasteiger partial charge is 0.435 e. The van der Waals surface area contributed by atoms with Crippen molar-refractivity contribution in [1.29, 1.82) is 0 Å². The smallest absolute Gasteiger partial charge is 0.374 e. The van der Waals surface area contributed by atoms with Gasteiger partial charge in [0.2, 0.25) is 5.91 Å². The number of carbonyl (C=O) groups is 1. The molecule has 30 heavy (non-hydrogen) atoms. The Morgan fingerprint density at radius 3 is 2.37 bits per heavy atom. The first kappa shape index (κ1) is 22.7. The Morgan fingerprint density at radius 1 is 1.17 bits per heavy atom. The number of rotatable bonds is 4. The van der Waals surface area contributed by atoms with Crippen LogP contribution in [0.5, 0.6) is 0 Å². The van der Waals surface area contributed by atoms with Gasteiger partial charge >= 0.3 is 6.18 Å². The monoisotopic (exact) mass is 482 g/mol. The zero-order valence-electron chi connectivity index (χ0n) is 15.2. The van der Waals surface area contributed by atoms with E-state index >= 15 is 0 Å². The maximum atomic E-state index is 14.1. The summed E-state index contributed by atoms with van der Waals surface area (Å²) in [6.45, 7) is 1.41. The van der Waals surface area contributed by atoms with E-state index in [1.165, 1.54) is 25.1 Å². The Kier molecular flexibility index (Phi) is 6.23. The maximum absolute atomic E-state index is 14.1. The maximum Gasteiger partial charge on any atom is 0.435 e. The summed E-state index contributed by atoms with van der Waals surface area (Å²) in [5.74, 6) is -1.32. The minimum Gasteiger partial charge on any atom is -0.374 e. The van der Waals surface area contributed by atoms with Crippen LogP contribution >= 0.6 is 34.8 Å². The Labute approximate surface area is 183 Å². The van der Waals surface area contributed by atoms with Crippen LogP contribution in [0.15, 0.2) is 35.5 Å². The van der Waals surface area contributed by atoms with Gasteiger partial charge in [0, 0.05) is 30.5 Å². The predicted molar refractivity (Wildman–Crippen MR) is 105 cm³/mol. The molecule has 3 rings (SSSR count). The minimum absolute atomic E-state index is 0.00960. The number of carbonyl (C=O) groups excluding carboxylic acids is 1. The summed E-state index contributed by atoms with van der Waals surface area (Å²) in [7, 11) is 0. The molecule has 0 aromatic heterocycles. The fourth-order valence-corrected chi connectivity index (χ4v) is 3.63. The number of nitrogens with zero attached hydrogens (tertiary/aromatic N) is 1. The summed E-state index contributed by atoms with van der Waals surface area (Å²) in [6, 6.07) is 6.11. The highest BCUT2D eigenvalue weighted by molar-refractivity contribution is 6.35. The molecule has 1 amide bonds. The number of benzene rings is 2. The molecule has 160 valence electrons. The van der Waals surface area contributed by atoms with Crippen molar-refractivity contribution in [2.75, 3.05) is 0 Å². The van der Waals surface area contributed by atoms with E-state index in [1.54, 1.807) is 0 Å². The van der Waals surface area contributed by atoms with Gasteiger partial charge in [-0.1, -0.05) is 46.0 Å². The molecule has 2 aromatic carbocycles. The molecule has 1 aliphatic rings. The molecule has 1 heterocycles. The molecule has 0 radical (unpaired) electrons. The van der Waals surface area contributed by atoms with Crippen molar-refractivity contribution in [2.24, 2.45) is 5.16 Å². The van der Waals surface area contributed by atoms with E-state index in [0.717, 1.165) is 12.1 Å². The van der Waals surface area contributed by atoms with Crippen molar-refractivity contribution in [3.63, 3.8) is 0 Å². The van der Waals surface area contributed by atoms with Crippen LogP contribution in [0.3, 0.4) is 0 Å². The molecular weight excluding hydrogens is 471 g/mol. The third-order valence-corrected chi connectivity index (χ3v) is 5.46. The summed E-state index contributed by atoms with van der Waals surface area (Å²) in [5.41, 5.74) is -2.56. The van der Waals surface area contributed by atoms with Crippen LogP contribution in [-0.4, -0.2) is 17.8 Å². The molecule has 1 aliphatic heterocycles. The summed E-state index contributed by atoms with van der Waals surface area (Å²) in [5, 5.41) is 5.39. The molecule has 0 bridgehead atoms. The van der Waals surface area contributed by atoms with E-state index in [4.69, 9.17) is 39.6 Å². The van der Waals surface area contributed by atoms with E-state index in [1.807, 2.05) is 0 Å². The number of nitrogens with one attached hydrogen (secondary N) is 1. The highest BCUT2D eigenvalue weighted by Crippen LogP contribution is 2.50. The van der Waals surface area contributed by atoms with E-state index < -0.39 is 39.6 Å². The second kappa shape index (κ2) is 8.24. The second-order valence-corrected chi connectivity index (χ2v) is 7.82. The molecular formula is C19H13Cl3F4N2O2. The zero-order chi connectivity index (χ0) is 22.3. The van der Waals surface area contributed by atoms with Crippen molar-refractivity contribution in [3.8, 4) is 0 Å². The molecule has 1 N–H and O–H groups in total.